The van der Waals surface area contributed by atoms with Crippen molar-refractivity contribution in [2.24, 2.45) is 0 Å². The van der Waals surface area contributed by atoms with Crippen molar-refractivity contribution in [2.75, 3.05) is 38.2 Å². The van der Waals surface area contributed by atoms with Gasteiger partial charge in [0.2, 0.25) is 0 Å². The van der Waals surface area contributed by atoms with Gasteiger partial charge in [0.05, 0.1) is 19.3 Å². The highest BCUT2D eigenvalue weighted by Gasteiger charge is 2.43. The van der Waals surface area contributed by atoms with Crippen LogP contribution in [0.25, 0.3) is 10.9 Å². The predicted octanol–water partition coefficient (Wildman–Crippen LogP) is 6.79. The lowest BCUT2D eigenvalue weighted by molar-refractivity contribution is -0.155. The highest BCUT2D eigenvalue weighted by atomic mass is 127. The molecule has 5 rings (SSSR count). The van der Waals surface area contributed by atoms with Crippen LogP contribution in [0.15, 0.2) is 30.3 Å². The van der Waals surface area contributed by atoms with Crippen molar-refractivity contribution in [3.63, 3.8) is 0 Å². The number of benzene rings is 2. The summed E-state index contributed by atoms with van der Waals surface area (Å²) in [6, 6.07) is 6.09. The van der Waals surface area contributed by atoms with Crippen molar-refractivity contribution in [1.29, 1.82) is 0 Å². The summed E-state index contributed by atoms with van der Waals surface area (Å²) in [5.41, 5.74) is 1.74. The van der Waals surface area contributed by atoms with Gasteiger partial charge < -0.3 is 15.2 Å². The second kappa shape index (κ2) is 10.9. The average molecular weight is 650 g/mol. The molecule has 2 N–H and O–H groups in total. The van der Waals surface area contributed by atoms with Gasteiger partial charge in [0.1, 0.15) is 11.6 Å². The Hall–Kier alpha value is -1.99. The Balaban J connectivity index is 1.52. The molecule has 11 heteroatoms. The maximum absolute atomic E-state index is 15.7. The molecule has 2 aliphatic heterocycles. The summed E-state index contributed by atoms with van der Waals surface area (Å²) in [7, 11) is 0. The molecule has 3 heterocycles. The Kier molecular flexibility index (Phi) is 7.89. The number of hydrogen-bond acceptors (Lipinski definition) is 3. The molecule has 2 aliphatic rings. The SMILES string of the molecule is C[C@@H]1Cc2c([nH]c3cc(I)ccc23)[C@@H](c2c(F)cc(N[C@H]3CCN(CCCF)C3)cc2F)N1CC(F)(F)F. The molecular weight excluding hydrogens is 621 g/mol. The predicted molar refractivity (Wildman–Crippen MR) is 144 cm³/mol. The molecule has 2 aromatic carbocycles. The van der Waals surface area contributed by atoms with E-state index >= 15 is 8.78 Å². The third-order valence-corrected chi connectivity index (χ3v) is 8.21. The molecule has 0 amide bonds. The molecule has 1 fully saturated rings. The van der Waals surface area contributed by atoms with E-state index in [-0.39, 0.29) is 11.7 Å². The van der Waals surface area contributed by atoms with E-state index in [9.17, 15) is 17.6 Å². The molecule has 206 valence electrons. The Morgan fingerprint density at radius 2 is 1.87 bits per heavy atom. The molecule has 4 nitrogen and oxygen atoms in total. The van der Waals surface area contributed by atoms with Gasteiger partial charge in [0.15, 0.2) is 0 Å². The van der Waals surface area contributed by atoms with Crippen LogP contribution in [-0.4, -0.2) is 65.9 Å². The third kappa shape index (κ3) is 5.65. The van der Waals surface area contributed by atoms with Gasteiger partial charge in [0.25, 0.3) is 0 Å². The van der Waals surface area contributed by atoms with Crippen LogP contribution in [0.2, 0.25) is 0 Å². The smallest absolute Gasteiger partial charge is 0.381 e. The first-order chi connectivity index (χ1) is 18.0. The molecule has 0 saturated carbocycles. The number of anilines is 1. The molecule has 1 aromatic heterocycles. The lowest BCUT2D eigenvalue weighted by atomic mass is 9.88. The number of aromatic nitrogens is 1. The minimum atomic E-state index is -4.55. The number of nitrogens with one attached hydrogen (secondary N) is 2. The zero-order valence-electron chi connectivity index (χ0n) is 20.8. The normalized spacial score (nSPS) is 22.8. The molecular formula is C27H29F6IN4. The Labute approximate surface area is 230 Å². The van der Waals surface area contributed by atoms with E-state index in [1.807, 2.05) is 18.2 Å². The molecule has 0 aliphatic carbocycles. The first-order valence-corrected chi connectivity index (χ1v) is 13.8. The number of likely N-dealkylation sites (tertiary alicyclic amines) is 1. The van der Waals surface area contributed by atoms with E-state index in [1.165, 1.54) is 12.1 Å². The van der Waals surface area contributed by atoms with Gasteiger partial charge >= 0.3 is 6.18 Å². The number of alkyl halides is 4. The molecule has 3 aromatic rings. The van der Waals surface area contributed by atoms with Gasteiger partial charge in [-0.3, -0.25) is 9.29 Å². The fraction of sp³-hybridized carbons (Fsp3) is 0.481. The maximum atomic E-state index is 15.7. The quantitative estimate of drug-likeness (QED) is 0.218. The fourth-order valence-electron chi connectivity index (χ4n) is 5.90. The summed E-state index contributed by atoms with van der Waals surface area (Å²) in [5.74, 6) is -1.80. The molecule has 38 heavy (non-hydrogen) atoms. The lowest BCUT2D eigenvalue weighted by Crippen LogP contribution is -2.47. The van der Waals surface area contributed by atoms with Crippen molar-refractivity contribution in [3.8, 4) is 0 Å². The van der Waals surface area contributed by atoms with Gasteiger partial charge in [-0.15, -0.1) is 0 Å². The van der Waals surface area contributed by atoms with Gasteiger partial charge in [-0.2, -0.15) is 13.2 Å². The Bertz CT molecular complexity index is 1290. The second-order valence-electron chi connectivity index (χ2n) is 10.3. The number of fused-ring (bicyclic) bond motifs is 3. The monoisotopic (exact) mass is 650 g/mol. The number of halogens is 7. The van der Waals surface area contributed by atoms with E-state index in [0.717, 1.165) is 37.9 Å². The standard InChI is InChI=1S/C27H29F6IN4/c1-15-9-20-19-4-3-16(34)10-23(19)36-25(20)26(38(15)14-27(31,32)33)24-21(29)11-18(12-22(24)30)35-17-5-8-37(13-17)7-2-6-28/h3-4,10-12,15,17,26,35-36H,2,5-9,13-14H2,1H3/t15-,17+,26-/m1/s1. The topological polar surface area (TPSA) is 34.3 Å². The summed E-state index contributed by atoms with van der Waals surface area (Å²) < 4.78 is 85.8. The number of rotatable bonds is 7. The third-order valence-electron chi connectivity index (χ3n) is 7.54. The van der Waals surface area contributed by atoms with Crippen LogP contribution in [0.4, 0.5) is 32.0 Å². The zero-order valence-corrected chi connectivity index (χ0v) is 23.0. The van der Waals surface area contributed by atoms with Crippen LogP contribution in [0.1, 0.15) is 42.6 Å². The van der Waals surface area contributed by atoms with Crippen molar-refractivity contribution < 1.29 is 26.3 Å². The Morgan fingerprint density at radius 3 is 2.55 bits per heavy atom. The molecule has 0 unspecified atom stereocenters. The summed E-state index contributed by atoms with van der Waals surface area (Å²) >= 11 is 2.15. The van der Waals surface area contributed by atoms with E-state index in [1.54, 1.807) is 6.92 Å². The average Bonchev–Trinajstić information content (AvgIpc) is 3.41. The number of hydrogen-bond donors (Lipinski definition) is 2. The highest BCUT2D eigenvalue weighted by Crippen LogP contribution is 2.44. The summed E-state index contributed by atoms with van der Waals surface area (Å²) in [6.07, 6.45) is -3.04. The van der Waals surface area contributed by atoms with E-state index in [2.05, 4.69) is 37.8 Å². The van der Waals surface area contributed by atoms with Crippen LogP contribution < -0.4 is 5.32 Å². The van der Waals surface area contributed by atoms with Crippen LogP contribution in [0.5, 0.6) is 0 Å². The zero-order chi connectivity index (χ0) is 27.2. The first kappa shape index (κ1) is 27.6. The number of aromatic amines is 1. The molecule has 3 atom stereocenters. The summed E-state index contributed by atoms with van der Waals surface area (Å²) in [4.78, 5) is 6.42. The number of nitrogens with zero attached hydrogens (tertiary/aromatic N) is 2. The van der Waals surface area contributed by atoms with Crippen molar-refractivity contribution in [1.82, 2.24) is 14.8 Å². The van der Waals surface area contributed by atoms with Crippen molar-refractivity contribution >= 4 is 39.2 Å². The van der Waals surface area contributed by atoms with Crippen molar-refractivity contribution in [2.45, 2.75) is 50.5 Å². The Morgan fingerprint density at radius 1 is 1.13 bits per heavy atom. The van der Waals surface area contributed by atoms with Gasteiger partial charge in [0, 0.05) is 63.1 Å². The summed E-state index contributed by atoms with van der Waals surface area (Å²) in [5, 5.41) is 4.00. The first-order valence-electron chi connectivity index (χ1n) is 12.7. The highest BCUT2D eigenvalue weighted by molar-refractivity contribution is 14.1. The van der Waals surface area contributed by atoms with Crippen LogP contribution >= 0.6 is 22.6 Å². The van der Waals surface area contributed by atoms with Gasteiger partial charge in [-0.25, -0.2) is 8.78 Å². The summed E-state index contributed by atoms with van der Waals surface area (Å²) in [6.45, 7) is 1.98. The largest absolute Gasteiger partial charge is 0.401 e. The van der Waals surface area contributed by atoms with Gasteiger partial charge in [-0.1, -0.05) is 6.07 Å². The fourth-order valence-corrected chi connectivity index (χ4v) is 6.39. The molecule has 0 bridgehead atoms. The maximum Gasteiger partial charge on any atom is 0.401 e. The molecule has 0 radical (unpaired) electrons. The van der Waals surface area contributed by atoms with Crippen LogP contribution in [-0.2, 0) is 6.42 Å². The second-order valence-corrected chi connectivity index (χ2v) is 11.5. The minimum absolute atomic E-state index is 0.0570. The lowest BCUT2D eigenvalue weighted by Gasteiger charge is -2.41. The molecule has 1 saturated heterocycles. The van der Waals surface area contributed by atoms with E-state index < -0.39 is 48.7 Å². The van der Waals surface area contributed by atoms with Crippen LogP contribution in [0.3, 0.4) is 0 Å². The van der Waals surface area contributed by atoms with Crippen LogP contribution in [0, 0.1) is 15.2 Å². The molecule has 0 spiro atoms. The van der Waals surface area contributed by atoms with E-state index in [4.69, 9.17) is 0 Å². The van der Waals surface area contributed by atoms with E-state index in [0.29, 0.717) is 31.6 Å². The minimum Gasteiger partial charge on any atom is -0.381 e. The van der Waals surface area contributed by atoms with Gasteiger partial charge in [-0.05, 0) is 78.6 Å². The number of H-pyrrole nitrogens is 1. The van der Waals surface area contributed by atoms with Crippen molar-refractivity contribution in [3.05, 3.63) is 62.4 Å².